The standard InChI is InChI=1S/C14H20N4/c1-12(2)13-5-3-6-14(17-13)16-7-4-9-18-10-8-15-11-18/h3,5-6,8,10-12H,4,7,9H2,1-2H3,(H,16,17). The Morgan fingerprint density at radius 3 is 2.94 bits per heavy atom. The number of aryl methyl sites for hydroxylation is 1. The van der Waals surface area contributed by atoms with E-state index in [1.807, 2.05) is 18.6 Å². The maximum absolute atomic E-state index is 4.58. The second-order valence-corrected chi connectivity index (χ2v) is 4.68. The Labute approximate surface area is 108 Å². The van der Waals surface area contributed by atoms with Crippen molar-refractivity contribution < 1.29 is 0 Å². The van der Waals surface area contributed by atoms with Crippen molar-refractivity contribution in [3.05, 3.63) is 42.6 Å². The number of anilines is 1. The van der Waals surface area contributed by atoms with Crippen LogP contribution in [0.2, 0.25) is 0 Å². The average Bonchev–Trinajstić information content (AvgIpc) is 2.88. The topological polar surface area (TPSA) is 42.7 Å². The molecule has 0 saturated carbocycles. The molecule has 0 unspecified atom stereocenters. The molecule has 4 nitrogen and oxygen atoms in total. The Kier molecular flexibility index (Phi) is 4.34. The Hall–Kier alpha value is -1.84. The van der Waals surface area contributed by atoms with Crippen molar-refractivity contribution in [3.63, 3.8) is 0 Å². The van der Waals surface area contributed by atoms with Crippen molar-refractivity contribution in [1.29, 1.82) is 0 Å². The van der Waals surface area contributed by atoms with E-state index in [0.717, 1.165) is 31.0 Å². The van der Waals surface area contributed by atoms with Crippen LogP contribution in [-0.2, 0) is 6.54 Å². The highest BCUT2D eigenvalue weighted by Crippen LogP contribution is 2.13. The Bertz CT molecular complexity index is 462. The summed E-state index contributed by atoms with van der Waals surface area (Å²) in [4.78, 5) is 8.60. The third kappa shape index (κ3) is 3.58. The Morgan fingerprint density at radius 2 is 2.22 bits per heavy atom. The van der Waals surface area contributed by atoms with E-state index in [9.17, 15) is 0 Å². The molecular formula is C14H20N4. The normalized spacial score (nSPS) is 10.8. The van der Waals surface area contributed by atoms with Gasteiger partial charge in [-0.15, -0.1) is 0 Å². The first-order chi connectivity index (χ1) is 8.75. The SMILES string of the molecule is CC(C)c1cccc(NCCCn2ccnc2)n1. The predicted molar refractivity (Wildman–Crippen MR) is 73.7 cm³/mol. The molecule has 0 atom stereocenters. The number of rotatable bonds is 6. The van der Waals surface area contributed by atoms with Gasteiger partial charge < -0.3 is 9.88 Å². The van der Waals surface area contributed by atoms with Crippen LogP contribution in [0.25, 0.3) is 0 Å². The highest BCUT2D eigenvalue weighted by molar-refractivity contribution is 5.35. The van der Waals surface area contributed by atoms with Crippen molar-refractivity contribution >= 4 is 5.82 Å². The summed E-state index contributed by atoms with van der Waals surface area (Å²) in [5, 5.41) is 3.36. The fourth-order valence-corrected chi connectivity index (χ4v) is 1.77. The Balaban J connectivity index is 1.78. The van der Waals surface area contributed by atoms with E-state index in [1.165, 1.54) is 0 Å². The van der Waals surface area contributed by atoms with Crippen LogP contribution >= 0.6 is 0 Å². The molecule has 18 heavy (non-hydrogen) atoms. The molecule has 0 saturated heterocycles. The molecule has 0 amide bonds. The van der Waals surface area contributed by atoms with Crippen LogP contribution in [0.1, 0.15) is 31.9 Å². The zero-order valence-corrected chi connectivity index (χ0v) is 11.0. The van der Waals surface area contributed by atoms with Crippen LogP contribution in [0.4, 0.5) is 5.82 Å². The van der Waals surface area contributed by atoms with E-state index in [4.69, 9.17) is 0 Å². The van der Waals surface area contributed by atoms with E-state index in [-0.39, 0.29) is 0 Å². The van der Waals surface area contributed by atoms with Crippen LogP contribution in [0.5, 0.6) is 0 Å². The predicted octanol–water partition coefficient (Wildman–Crippen LogP) is 2.90. The van der Waals surface area contributed by atoms with Gasteiger partial charge in [0, 0.05) is 31.2 Å². The van der Waals surface area contributed by atoms with Crippen LogP contribution in [-0.4, -0.2) is 21.1 Å². The largest absolute Gasteiger partial charge is 0.370 e. The zero-order valence-electron chi connectivity index (χ0n) is 11.0. The quantitative estimate of drug-likeness (QED) is 0.794. The molecule has 0 radical (unpaired) electrons. The molecule has 0 fully saturated rings. The van der Waals surface area contributed by atoms with Gasteiger partial charge in [0.25, 0.3) is 0 Å². The molecule has 1 N–H and O–H groups in total. The lowest BCUT2D eigenvalue weighted by Gasteiger charge is -2.09. The van der Waals surface area contributed by atoms with Gasteiger partial charge >= 0.3 is 0 Å². The summed E-state index contributed by atoms with van der Waals surface area (Å²) in [6, 6.07) is 6.14. The summed E-state index contributed by atoms with van der Waals surface area (Å²) >= 11 is 0. The highest BCUT2D eigenvalue weighted by Gasteiger charge is 2.01. The molecule has 0 aliphatic heterocycles. The minimum absolute atomic E-state index is 0.470. The fourth-order valence-electron chi connectivity index (χ4n) is 1.77. The molecule has 0 spiro atoms. The van der Waals surface area contributed by atoms with Gasteiger partial charge in [-0.1, -0.05) is 19.9 Å². The molecule has 4 heteroatoms. The van der Waals surface area contributed by atoms with Gasteiger partial charge in [-0.2, -0.15) is 0 Å². The lowest BCUT2D eigenvalue weighted by atomic mass is 10.1. The molecular weight excluding hydrogens is 224 g/mol. The molecule has 2 rings (SSSR count). The van der Waals surface area contributed by atoms with Gasteiger partial charge in [-0.05, 0) is 24.5 Å². The summed E-state index contributed by atoms with van der Waals surface area (Å²) in [5.74, 6) is 1.43. The van der Waals surface area contributed by atoms with Gasteiger partial charge in [-0.25, -0.2) is 9.97 Å². The monoisotopic (exact) mass is 244 g/mol. The van der Waals surface area contributed by atoms with E-state index >= 15 is 0 Å². The smallest absolute Gasteiger partial charge is 0.126 e. The maximum Gasteiger partial charge on any atom is 0.126 e. The molecule has 2 heterocycles. The van der Waals surface area contributed by atoms with E-state index in [0.29, 0.717) is 5.92 Å². The average molecular weight is 244 g/mol. The Morgan fingerprint density at radius 1 is 1.33 bits per heavy atom. The first-order valence-electron chi connectivity index (χ1n) is 6.42. The second-order valence-electron chi connectivity index (χ2n) is 4.68. The molecule has 2 aromatic rings. The van der Waals surface area contributed by atoms with Crippen LogP contribution < -0.4 is 5.32 Å². The number of hydrogen-bond acceptors (Lipinski definition) is 3. The molecule has 0 aromatic carbocycles. The number of hydrogen-bond donors (Lipinski definition) is 1. The van der Waals surface area contributed by atoms with Gasteiger partial charge in [0.05, 0.1) is 6.33 Å². The molecule has 96 valence electrons. The van der Waals surface area contributed by atoms with E-state index in [1.54, 1.807) is 6.20 Å². The van der Waals surface area contributed by atoms with Gasteiger partial charge in [0.15, 0.2) is 0 Å². The third-order valence-corrected chi connectivity index (χ3v) is 2.82. The fraction of sp³-hybridized carbons (Fsp3) is 0.429. The van der Waals surface area contributed by atoms with Crippen molar-refractivity contribution in [2.75, 3.05) is 11.9 Å². The van der Waals surface area contributed by atoms with Crippen LogP contribution in [0.3, 0.4) is 0 Å². The number of aromatic nitrogens is 3. The van der Waals surface area contributed by atoms with Crippen molar-refractivity contribution in [1.82, 2.24) is 14.5 Å². The van der Waals surface area contributed by atoms with Gasteiger partial charge in [0.2, 0.25) is 0 Å². The van der Waals surface area contributed by atoms with Crippen LogP contribution in [0, 0.1) is 0 Å². The zero-order chi connectivity index (χ0) is 12.8. The summed E-state index contributed by atoms with van der Waals surface area (Å²) in [6.45, 7) is 6.22. The first-order valence-corrected chi connectivity index (χ1v) is 6.42. The lowest BCUT2D eigenvalue weighted by Crippen LogP contribution is -2.07. The summed E-state index contributed by atoms with van der Waals surface area (Å²) in [5.41, 5.74) is 1.13. The lowest BCUT2D eigenvalue weighted by molar-refractivity contribution is 0.659. The summed E-state index contributed by atoms with van der Waals surface area (Å²) in [7, 11) is 0. The summed E-state index contributed by atoms with van der Waals surface area (Å²) in [6.07, 6.45) is 6.69. The van der Waals surface area contributed by atoms with Crippen molar-refractivity contribution in [2.45, 2.75) is 32.7 Å². The van der Waals surface area contributed by atoms with E-state index < -0.39 is 0 Å². The minimum atomic E-state index is 0.470. The van der Waals surface area contributed by atoms with Crippen molar-refractivity contribution in [2.24, 2.45) is 0 Å². The van der Waals surface area contributed by atoms with Gasteiger partial charge in [0.1, 0.15) is 5.82 Å². The number of imidazole rings is 1. The number of pyridine rings is 1. The van der Waals surface area contributed by atoms with E-state index in [2.05, 4.69) is 45.8 Å². The second kappa shape index (κ2) is 6.19. The maximum atomic E-state index is 4.58. The number of nitrogens with zero attached hydrogens (tertiary/aromatic N) is 3. The molecule has 0 bridgehead atoms. The summed E-state index contributed by atoms with van der Waals surface area (Å²) < 4.78 is 2.08. The minimum Gasteiger partial charge on any atom is -0.370 e. The van der Waals surface area contributed by atoms with Crippen molar-refractivity contribution in [3.8, 4) is 0 Å². The van der Waals surface area contributed by atoms with Gasteiger partial charge in [-0.3, -0.25) is 0 Å². The molecule has 0 aliphatic rings. The third-order valence-electron chi connectivity index (χ3n) is 2.82. The highest BCUT2D eigenvalue weighted by atomic mass is 15.0. The molecule has 2 aromatic heterocycles. The first kappa shape index (κ1) is 12.6. The van der Waals surface area contributed by atoms with Crippen LogP contribution in [0.15, 0.2) is 36.9 Å². The number of nitrogens with one attached hydrogen (secondary N) is 1. The molecule has 0 aliphatic carbocycles.